The van der Waals surface area contributed by atoms with Crippen molar-refractivity contribution in [2.75, 3.05) is 34.2 Å². The molecule has 1 N–H and O–H groups in total. The van der Waals surface area contributed by atoms with Gasteiger partial charge in [0.2, 0.25) is 0 Å². The van der Waals surface area contributed by atoms with E-state index in [4.69, 9.17) is 0 Å². The second-order valence-electron chi connectivity index (χ2n) is 6.74. The highest BCUT2D eigenvalue weighted by atomic mass is 32.2. The van der Waals surface area contributed by atoms with Crippen molar-refractivity contribution in [2.45, 2.75) is 31.0 Å². The third-order valence-electron chi connectivity index (χ3n) is 3.98. The zero-order valence-electron chi connectivity index (χ0n) is 14.5. The number of nitrogens with one attached hydrogen (secondary N) is 1. The summed E-state index contributed by atoms with van der Waals surface area (Å²) in [7, 11) is 1.53. The van der Waals surface area contributed by atoms with Gasteiger partial charge in [-0.05, 0) is 24.0 Å². The standard InChI is InChI=1S/C15H26N4O2S2/c1-15(2)8-9-19(11-15)14(16-3)17-10-12-6-7-13(22-12)23(20,21)18(4)5/h6-7H,8-11H2,1-5H3,(H,16,17). The van der Waals surface area contributed by atoms with Gasteiger partial charge in [0.1, 0.15) is 4.21 Å². The summed E-state index contributed by atoms with van der Waals surface area (Å²) in [5.74, 6) is 0.876. The van der Waals surface area contributed by atoms with Crippen molar-refractivity contribution in [2.24, 2.45) is 10.4 Å². The Hall–Kier alpha value is -1.12. The summed E-state index contributed by atoms with van der Waals surface area (Å²) in [6.07, 6.45) is 1.15. The zero-order valence-corrected chi connectivity index (χ0v) is 16.1. The van der Waals surface area contributed by atoms with Crippen molar-refractivity contribution < 1.29 is 8.42 Å². The first-order valence-electron chi connectivity index (χ1n) is 7.62. The van der Waals surface area contributed by atoms with Gasteiger partial charge in [0.05, 0.1) is 6.54 Å². The molecule has 1 aliphatic rings. The molecule has 1 aromatic rings. The van der Waals surface area contributed by atoms with Crippen molar-refractivity contribution in [1.82, 2.24) is 14.5 Å². The second-order valence-corrected chi connectivity index (χ2v) is 10.3. The van der Waals surface area contributed by atoms with E-state index in [-0.39, 0.29) is 0 Å². The van der Waals surface area contributed by atoms with Crippen molar-refractivity contribution in [3.05, 3.63) is 17.0 Å². The van der Waals surface area contributed by atoms with Crippen LogP contribution in [0.25, 0.3) is 0 Å². The van der Waals surface area contributed by atoms with Crippen LogP contribution in [-0.2, 0) is 16.6 Å². The molecule has 1 aromatic heterocycles. The van der Waals surface area contributed by atoms with Crippen LogP contribution < -0.4 is 5.32 Å². The quantitative estimate of drug-likeness (QED) is 0.658. The maximum absolute atomic E-state index is 12.1. The van der Waals surface area contributed by atoms with Crippen LogP contribution in [0.3, 0.4) is 0 Å². The molecular formula is C15H26N4O2S2. The molecule has 6 nitrogen and oxygen atoms in total. The molecule has 0 radical (unpaired) electrons. The van der Waals surface area contributed by atoms with E-state index in [9.17, 15) is 8.42 Å². The average Bonchev–Trinajstić information content (AvgIpc) is 3.06. The molecule has 0 aromatic carbocycles. The van der Waals surface area contributed by atoms with Gasteiger partial charge in [-0.2, -0.15) is 0 Å². The van der Waals surface area contributed by atoms with Crippen LogP contribution in [0, 0.1) is 5.41 Å². The van der Waals surface area contributed by atoms with Crippen molar-refractivity contribution in [3.8, 4) is 0 Å². The van der Waals surface area contributed by atoms with Gasteiger partial charge in [-0.1, -0.05) is 13.8 Å². The van der Waals surface area contributed by atoms with E-state index >= 15 is 0 Å². The van der Waals surface area contributed by atoms with Crippen molar-refractivity contribution >= 4 is 27.3 Å². The van der Waals surface area contributed by atoms with Crippen LogP contribution in [-0.4, -0.2) is 57.8 Å². The predicted octanol–water partition coefficient (Wildman–Crippen LogP) is 1.81. The number of thiophene rings is 1. The molecule has 0 bridgehead atoms. The minimum atomic E-state index is -3.35. The molecule has 1 aliphatic heterocycles. The number of nitrogens with zero attached hydrogens (tertiary/aromatic N) is 3. The maximum atomic E-state index is 12.1. The Labute approximate surface area is 143 Å². The highest BCUT2D eigenvalue weighted by molar-refractivity contribution is 7.91. The lowest BCUT2D eigenvalue weighted by molar-refractivity contribution is 0.370. The minimum Gasteiger partial charge on any atom is -0.351 e. The van der Waals surface area contributed by atoms with Gasteiger partial charge in [0.15, 0.2) is 5.96 Å². The van der Waals surface area contributed by atoms with E-state index in [0.29, 0.717) is 16.2 Å². The van der Waals surface area contributed by atoms with Crippen LogP contribution in [0.5, 0.6) is 0 Å². The van der Waals surface area contributed by atoms with E-state index < -0.39 is 10.0 Å². The van der Waals surface area contributed by atoms with Gasteiger partial charge >= 0.3 is 0 Å². The monoisotopic (exact) mass is 358 g/mol. The average molecular weight is 359 g/mol. The van der Waals surface area contributed by atoms with Crippen LogP contribution in [0.2, 0.25) is 0 Å². The Kier molecular flexibility index (Phi) is 5.37. The summed E-state index contributed by atoms with van der Waals surface area (Å²) in [5.41, 5.74) is 0.313. The molecule has 0 saturated carbocycles. The van der Waals surface area contributed by atoms with Crippen LogP contribution >= 0.6 is 11.3 Å². The third-order valence-corrected chi connectivity index (χ3v) is 7.35. The van der Waals surface area contributed by atoms with Gasteiger partial charge in [0, 0.05) is 39.1 Å². The van der Waals surface area contributed by atoms with Gasteiger partial charge in [-0.3, -0.25) is 4.99 Å². The summed E-state index contributed by atoms with van der Waals surface area (Å²) in [5, 5.41) is 3.34. The Bertz CT molecular complexity index is 677. The Morgan fingerprint density at radius 1 is 1.43 bits per heavy atom. The summed E-state index contributed by atoms with van der Waals surface area (Å²) in [6.45, 7) is 7.09. The lowest BCUT2D eigenvalue weighted by atomic mass is 9.93. The SMILES string of the molecule is CN=C(NCc1ccc(S(=O)(=O)N(C)C)s1)N1CCC(C)(C)C1. The summed E-state index contributed by atoms with van der Waals surface area (Å²) in [4.78, 5) is 7.58. The molecule has 1 fully saturated rings. The molecule has 1 saturated heterocycles. The molecule has 8 heteroatoms. The van der Waals surface area contributed by atoms with Gasteiger partial charge in [0.25, 0.3) is 10.0 Å². The summed E-state index contributed by atoms with van der Waals surface area (Å²) < 4.78 is 25.8. The maximum Gasteiger partial charge on any atom is 0.252 e. The molecule has 0 amide bonds. The lowest BCUT2D eigenvalue weighted by Crippen LogP contribution is -2.40. The topological polar surface area (TPSA) is 65.0 Å². The van der Waals surface area contributed by atoms with Crippen molar-refractivity contribution in [3.63, 3.8) is 0 Å². The van der Waals surface area contributed by atoms with Gasteiger partial charge in [-0.15, -0.1) is 11.3 Å². The fourth-order valence-corrected chi connectivity index (χ4v) is 5.03. The number of rotatable bonds is 4. The minimum absolute atomic E-state index is 0.313. The highest BCUT2D eigenvalue weighted by Gasteiger charge is 2.30. The number of likely N-dealkylation sites (tertiary alicyclic amines) is 1. The zero-order chi connectivity index (χ0) is 17.3. The number of guanidine groups is 1. The molecular weight excluding hydrogens is 332 g/mol. The largest absolute Gasteiger partial charge is 0.351 e. The first kappa shape index (κ1) is 18.2. The molecule has 2 rings (SSSR count). The predicted molar refractivity (Wildman–Crippen MR) is 95.4 cm³/mol. The Balaban J connectivity index is 2.00. The number of aliphatic imine (C=N–C) groups is 1. The molecule has 0 atom stereocenters. The summed E-state index contributed by atoms with van der Waals surface area (Å²) in [6, 6.07) is 3.52. The summed E-state index contributed by atoms with van der Waals surface area (Å²) >= 11 is 1.30. The van der Waals surface area contributed by atoms with E-state index in [1.165, 1.54) is 15.6 Å². The number of hydrogen-bond acceptors (Lipinski definition) is 4. The fraction of sp³-hybridized carbons (Fsp3) is 0.667. The van der Waals surface area contributed by atoms with Crippen molar-refractivity contribution in [1.29, 1.82) is 0 Å². The first-order chi connectivity index (χ1) is 10.7. The van der Waals surface area contributed by atoms with E-state index in [2.05, 4.69) is 29.1 Å². The molecule has 0 aliphatic carbocycles. The lowest BCUT2D eigenvalue weighted by Gasteiger charge is -2.23. The van der Waals surface area contributed by atoms with E-state index in [0.717, 1.165) is 30.3 Å². The van der Waals surface area contributed by atoms with Gasteiger partial charge < -0.3 is 10.2 Å². The Morgan fingerprint density at radius 3 is 2.65 bits per heavy atom. The van der Waals surface area contributed by atoms with Crippen LogP contribution in [0.4, 0.5) is 0 Å². The molecule has 0 unspecified atom stereocenters. The number of hydrogen-bond donors (Lipinski definition) is 1. The molecule has 130 valence electrons. The highest BCUT2D eigenvalue weighted by Crippen LogP contribution is 2.29. The molecule has 2 heterocycles. The Morgan fingerprint density at radius 2 is 2.13 bits per heavy atom. The smallest absolute Gasteiger partial charge is 0.252 e. The fourth-order valence-electron chi connectivity index (χ4n) is 2.56. The molecule has 23 heavy (non-hydrogen) atoms. The normalized spacial score (nSPS) is 18.7. The first-order valence-corrected chi connectivity index (χ1v) is 9.88. The number of sulfonamides is 1. The molecule has 0 spiro atoms. The van der Waals surface area contributed by atoms with E-state index in [1.807, 2.05) is 6.07 Å². The second kappa shape index (κ2) is 6.78. The van der Waals surface area contributed by atoms with Crippen LogP contribution in [0.15, 0.2) is 21.3 Å². The van der Waals surface area contributed by atoms with Crippen LogP contribution in [0.1, 0.15) is 25.1 Å². The van der Waals surface area contributed by atoms with E-state index in [1.54, 1.807) is 27.2 Å². The van der Waals surface area contributed by atoms with Gasteiger partial charge in [-0.25, -0.2) is 12.7 Å². The third kappa shape index (κ3) is 4.24.